The van der Waals surface area contributed by atoms with Crippen LogP contribution >= 0.6 is 0 Å². The number of carbonyl (C=O) groups is 2. The molecule has 1 aromatic heterocycles. The van der Waals surface area contributed by atoms with Gasteiger partial charge in [0.2, 0.25) is 5.91 Å². The first kappa shape index (κ1) is 12.9. The van der Waals surface area contributed by atoms with Crippen molar-refractivity contribution in [3.63, 3.8) is 0 Å². The van der Waals surface area contributed by atoms with Crippen LogP contribution in [0.2, 0.25) is 0 Å². The summed E-state index contributed by atoms with van der Waals surface area (Å²) in [4.78, 5) is 23.1. The Bertz CT molecular complexity index is 559. The van der Waals surface area contributed by atoms with Crippen molar-refractivity contribution in [3.8, 4) is 0 Å². The van der Waals surface area contributed by atoms with Crippen molar-refractivity contribution >= 4 is 11.8 Å². The second kappa shape index (κ2) is 5.86. The number of aryl methyl sites for hydroxylation is 1. The minimum absolute atomic E-state index is 0.149. The third-order valence-corrected chi connectivity index (χ3v) is 2.55. The van der Waals surface area contributed by atoms with Gasteiger partial charge in [0.15, 0.2) is 5.76 Å². The highest BCUT2D eigenvalue weighted by atomic mass is 16.3. The molecule has 0 spiro atoms. The molecule has 19 heavy (non-hydrogen) atoms. The van der Waals surface area contributed by atoms with Gasteiger partial charge in [-0.15, -0.1) is 0 Å². The van der Waals surface area contributed by atoms with Crippen molar-refractivity contribution in [2.75, 3.05) is 0 Å². The van der Waals surface area contributed by atoms with Gasteiger partial charge in [0.05, 0.1) is 12.7 Å². The monoisotopic (exact) mass is 258 g/mol. The fraction of sp³-hybridized carbons (Fsp3) is 0.143. The molecule has 0 radical (unpaired) electrons. The highest BCUT2D eigenvalue weighted by molar-refractivity contribution is 5.93. The van der Waals surface area contributed by atoms with Crippen molar-refractivity contribution in [2.24, 2.45) is 0 Å². The molecule has 2 rings (SSSR count). The molecule has 0 saturated carbocycles. The molecule has 1 aromatic carbocycles. The van der Waals surface area contributed by atoms with Crippen LogP contribution in [0.1, 0.15) is 21.7 Å². The topological polar surface area (TPSA) is 71.3 Å². The Balaban J connectivity index is 1.82. The van der Waals surface area contributed by atoms with Crippen LogP contribution in [0.15, 0.2) is 47.1 Å². The molecule has 0 atom stereocenters. The smallest absolute Gasteiger partial charge is 0.305 e. The van der Waals surface area contributed by atoms with Gasteiger partial charge in [0.1, 0.15) is 0 Å². The van der Waals surface area contributed by atoms with Crippen LogP contribution < -0.4 is 10.9 Å². The highest BCUT2D eigenvalue weighted by Crippen LogP contribution is 2.03. The van der Waals surface area contributed by atoms with Crippen LogP contribution in [-0.2, 0) is 11.2 Å². The Morgan fingerprint density at radius 1 is 1.11 bits per heavy atom. The summed E-state index contributed by atoms with van der Waals surface area (Å²) in [6.45, 7) is 1.98. The van der Waals surface area contributed by atoms with Gasteiger partial charge in [-0.1, -0.05) is 29.8 Å². The van der Waals surface area contributed by atoms with Crippen LogP contribution in [0.4, 0.5) is 0 Å². The van der Waals surface area contributed by atoms with E-state index in [9.17, 15) is 9.59 Å². The quantitative estimate of drug-likeness (QED) is 0.821. The summed E-state index contributed by atoms with van der Waals surface area (Å²) in [5.74, 6) is -0.623. The van der Waals surface area contributed by atoms with Crippen LogP contribution in [0.5, 0.6) is 0 Å². The molecule has 0 fully saturated rings. The van der Waals surface area contributed by atoms with Gasteiger partial charge in [-0.25, -0.2) is 0 Å². The number of furan rings is 1. The third kappa shape index (κ3) is 3.70. The first-order chi connectivity index (χ1) is 9.15. The minimum Gasteiger partial charge on any atom is -0.459 e. The second-order valence-corrected chi connectivity index (χ2v) is 4.14. The maximum atomic E-state index is 11.6. The predicted molar refractivity (Wildman–Crippen MR) is 69.2 cm³/mol. The summed E-state index contributed by atoms with van der Waals surface area (Å²) in [5, 5.41) is 0. The SMILES string of the molecule is Cc1ccc(CC(=O)NNC(=O)c2ccco2)cc1. The molecule has 0 unspecified atom stereocenters. The fourth-order valence-corrected chi connectivity index (χ4v) is 1.53. The normalized spacial score (nSPS) is 9.95. The molecular formula is C14H14N2O3. The Hall–Kier alpha value is -2.56. The van der Waals surface area contributed by atoms with Gasteiger partial charge >= 0.3 is 5.91 Å². The molecule has 0 saturated heterocycles. The molecule has 0 bridgehead atoms. The standard InChI is InChI=1S/C14H14N2O3/c1-10-4-6-11(7-5-10)9-13(17)15-16-14(18)12-3-2-8-19-12/h2-8H,9H2,1H3,(H,15,17)(H,16,18). The summed E-state index contributed by atoms with van der Waals surface area (Å²) in [6.07, 6.45) is 1.60. The van der Waals surface area contributed by atoms with E-state index >= 15 is 0 Å². The molecule has 5 nitrogen and oxygen atoms in total. The zero-order chi connectivity index (χ0) is 13.7. The largest absolute Gasteiger partial charge is 0.459 e. The van der Waals surface area contributed by atoms with Gasteiger partial charge < -0.3 is 4.42 Å². The zero-order valence-corrected chi connectivity index (χ0v) is 10.5. The van der Waals surface area contributed by atoms with E-state index in [1.165, 1.54) is 12.3 Å². The number of benzene rings is 1. The number of nitrogens with one attached hydrogen (secondary N) is 2. The fourth-order valence-electron chi connectivity index (χ4n) is 1.53. The molecule has 5 heteroatoms. The summed E-state index contributed by atoms with van der Waals surface area (Å²) >= 11 is 0. The number of hydrazine groups is 1. The van der Waals surface area contributed by atoms with E-state index in [0.29, 0.717) is 0 Å². The minimum atomic E-state index is -0.484. The van der Waals surface area contributed by atoms with Crippen LogP contribution in [0, 0.1) is 6.92 Å². The van der Waals surface area contributed by atoms with Crippen LogP contribution in [0.25, 0.3) is 0 Å². The zero-order valence-electron chi connectivity index (χ0n) is 10.5. The maximum Gasteiger partial charge on any atom is 0.305 e. The Kier molecular flexibility index (Phi) is 3.97. The van der Waals surface area contributed by atoms with E-state index in [2.05, 4.69) is 10.9 Å². The van der Waals surface area contributed by atoms with Crippen molar-refractivity contribution in [1.29, 1.82) is 0 Å². The Labute approximate surface area is 110 Å². The second-order valence-electron chi connectivity index (χ2n) is 4.14. The van der Waals surface area contributed by atoms with Crippen molar-refractivity contribution < 1.29 is 14.0 Å². The van der Waals surface area contributed by atoms with Gasteiger partial charge in [0.25, 0.3) is 0 Å². The van der Waals surface area contributed by atoms with Crippen LogP contribution in [0.3, 0.4) is 0 Å². The van der Waals surface area contributed by atoms with Gasteiger partial charge in [-0.3, -0.25) is 20.4 Å². The summed E-state index contributed by atoms with van der Waals surface area (Å²) in [6, 6.07) is 10.7. The van der Waals surface area contributed by atoms with Gasteiger partial charge in [-0.2, -0.15) is 0 Å². The lowest BCUT2D eigenvalue weighted by atomic mass is 10.1. The van der Waals surface area contributed by atoms with E-state index in [0.717, 1.165) is 11.1 Å². The molecule has 1 heterocycles. The predicted octanol–water partition coefficient (Wildman–Crippen LogP) is 1.59. The first-order valence-corrected chi connectivity index (χ1v) is 5.83. The average molecular weight is 258 g/mol. The molecule has 0 aliphatic carbocycles. The Morgan fingerprint density at radius 2 is 1.84 bits per heavy atom. The number of hydrogen-bond acceptors (Lipinski definition) is 3. The number of amides is 2. The molecule has 0 aliphatic rings. The number of rotatable bonds is 3. The van der Waals surface area contributed by atoms with E-state index in [4.69, 9.17) is 4.42 Å². The maximum absolute atomic E-state index is 11.6. The van der Waals surface area contributed by atoms with Crippen molar-refractivity contribution in [2.45, 2.75) is 13.3 Å². The lowest BCUT2D eigenvalue weighted by Crippen LogP contribution is -2.42. The Morgan fingerprint density at radius 3 is 2.47 bits per heavy atom. The molecule has 2 aromatic rings. The van der Waals surface area contributed by atoms with Crippen LogP contribution in [-0.4, -0.2) is 11.8 Å². The lowest BCUT2D eigenvalue weighted by Gasteiger charge is -2.06. The molecule has 98 valence electrons. The molecule has 0 aliphatic heterocycles. The molecule has 2 amide bonds. The molecule has 2 N–H and O–H groups in total. The molecular weight excluding hydrogens is 244 g/mol. The van der Waals surface area contributed by atoms with Gasteiger partial charge in [-0.05, 0) is 24.6 Å². The summed E-state index contributed by atoms with van der Waals surface area (Å²) < 4.78 is 4.90. The average Bonchev–Trinajstić information content (AvgIpc) is 2.93. The van der Waals surface area contributed by atoms with E-state index in [-0.39, 0.29) is 18.1 Å². The summed E-state index contributed by atoms with van der Waals surface area (Å²) in [5.41, 5.74) is 6.64. The summed E-state index contributed by atoms with van der Waals surface area (Å²) in [7, 11) is 0. The van der Waals surface area contributed by atoms with E-state index in [1.807, 2.05) is 31.2 Å². The third-order valence-electron chi connectivity index (χ3n) is 2.55. The van der Waals surface area contributed by atoms with E-state index < -0.39 is 5.91 Å². The number of carbonyl (C=O) groups excluding carboxylic acids is 2. The van der Waals surface area contributed by atoms with Gasteiger partial charge in [0, 0.05) is 0 Å². The highest BCUT2D eigenvalue weighted by Gasteiger charge is 2.09. The van der Waals surface area contributed by atoms with Crippen molar-refractivity contribution in [3.05, 3.63) is 59.5 Å². The number of hydrogen-bond donors (Lipinski definition) is 2. The van der Waals surface area contributed by atoms with Crippen molar-refractivity contribution in [1.82, 2.24) is 10.9 Å². The lowest BCUT2D eigenvalue weighted by molar-refractivity contribution is -0.121. The first-order valence-electron chi connectivity index (χ1n) is 5.83. The van der Waals surface area contributed by atoms with E-state index in [1.54, 1.807) is 6.07 Å².